The number of carboxylic acid groups (broad SMARTS) is 2. The molecule has 8 N–H and O–H groups in total. The Morgan fingerprint density at radius 1 is 0.909 bits per heavy atom. The molecule has 33 heavy (non-hydrogen) atoms. The molecule has 0 aliphatic carbocycles. The van der Waals surface area contributed by atoms with Crippen LogP contribution in [0.1, 0.15) is 18.9 Å². The minimum absolute atomic E-state index is 0.0434. The number of aliphatic carboxylic acids is 2. The second kappa shape index (κ2) is 13.4. The first-order chi connectivity index (χ1) is 15.5. The number of benzene rings is 1. The lowest BCUT2D eigenvalue weighted by Crippen LogP contribution is -2.59. The Bertz CT molecular complexity index is 852. The molecule has 0 fully saturated rings. The van der Waals surface area contributed by atoms with Gasteiger partial charge in [0.1, 0.15) is 24.2 Å². The number of amides is 3. The number of hydrogen-bond acceptors (Lipinski definition) is 8. The first kappa shape index (κ1) is 27.9. The van der Waals surface area contributed by atoms with E-state index in [9.17, 15) is 34.2 Å². The van der Waals surface area contributed by atoms with Gasteiger partial charge in [-0.15, -0.1) is 0 Å². The second-order valence-corrected chi connectivity index (χ2v) is 7.62. The zero-order chi connectivity index (χ0) is 25.1. The molecule has 3 amide bonds. The Morgan fingerprint density at radius 3 is 1.91 bits per heavy atom. The summed E-state index contributed by atoms with van der Waals surface area (Å²) in [6, 6.07) is 2.98. The minimum Gasteiger partial charge on any atom is -0.481 e. The Hall–Kier alpha value is -3.16. The quantitative estimate of drug-likeness (QED) is 0.144. The van der Waals surface area contributed by atoms with Gasteiger partial charge < -0.3 is 37.0 Å². The van der Waals surface area contributed by atoms with Gasteiger partial charge in [-0.3, -0.25) is 19.2 Å². The largest absolute Gasteiger partial charge is 0.481 e. The monoisotopic (exact) mass is 484 g/mol. The highest BCUT2D eigenvalue weighted by molar-refractivity contribution is 7.80. The average Bonchev–Trinajstić information content (AvgIpc) is 2.75. The van der Waals surface area contributed by atoms with Crippen LogP contribution < -0.4 is 21.7 Å². The van der Waals surface area contributed by atoms with Crippen LogP contribution in [0.15, 0.2) is 30.3 Å². The predicted molar refractivity (Wildman–Crippen MR) is 119 cm³/mol. The number of rotatable bonds is 13. The molecule has 5 atom stereocenters. The van der Waals surface area contributed by atoms with Crippen LogP contribution in [0.3, 0.4) is 0 Å². The summed E-state index contributed by atoms with van der Waals surface area (Å²) < 4.78 is 0. The zero-order valence-corrected chi connectivity index (χ0v) is 18.7. The predicted octanol–water partition coefficient (Wildman–Crippen LogP) is -2.12. The number of thiol groups is 1. The molecule has 0 aliphatic heterocycles. The van der Waals surface area contributed by atoms with Crippen molar-refractivity contribution in [2.24, 2.45) is 5.73 Å². The van der Waals surface area contributed by atoms with Crippen LogP contribution in [0.4, 0.5) is 0 Å². The molecule has 0 saturated carbocycles. The van der Waals surface area contributed by atoms with E-state index in [0.717, 1.165) is 0 Å². The van der Waals surface area contributed by atoms with Crippen molar-refractivity contribution in [2.75, 3.05) is 5.75 Å². The van der Waals surface area contributed by atoms with Crippen molar-refractivity contribution in [3.63, 3.8) is 0 Å². The Balaban J connectivity index is 3.04. The molecule has 13 heteroatoms. The molecule has 0 saturated heterocycles. The number of nitrogens with one attached hydrogen (secondary N) is 3. The zero-order valence-electron chi connectivity index (χ0n) is 17.8. The van der Waals surface area contributed by atoms with Crippen LogP contribution in [-0.4, -0.2) is 81.0 Å². The molecule has 1 aromatic rings. The lowest BCUT2D eigenvalue weighted by Gasteiger charge is -2.24. The van der Waals surface area contributed by atoms with Gasteiger partial charge in [0.2, 0.25) is 17.7 Å². The van der Waals surface area contributed by atoms with E-state index in [1.165, 1.54) is 6.92 Å². The van der Waals surface area contributed by atoms with E-state index in [4.69, 9.17) is 10.8 Å². The van der Waals surface area contributed by atoms with Crippen molar-refractivity contribution in [1.82, 2.24) is 16.0 Å². The van der Waals surface area contributed by atoms with Crippen LogP contribution in [-0.2, 0) is 30.4 Å². The van der Waals surface area contributed by atoms with E-state index in [1.807, 2.05) is 0 Å². The van der Waals surface area contributed by atoms with Crippen LogP contribution in [0.5, 0.6) is 0 Å². The standard InChI is InChI=1S/C20H28N4O8S/c1-10(25)16(21)19(30)24-14(9-33)18(29)22-12(7-11-5-3-2-4-6-11)17(28)23-13(20(31)32)8-15(26)27/h2-6,10,12-14,16,25,33H,7-9,21H2,1H3,(H,22,29)(H,23,28)(H,24,30)(H,26,27)(H,31,32). The van der Waals surface area contributed by atoms with Crippen LogP contribution in [0.25, 0.3) is 0 Å². The van der Waals surface area contributed by atoms with Crippen molar-refractivity contribution in [1.29, 1.82) is 0 Å². The van der Waals surface area contributed by atoms with Gasteiger partial charge in [-0.05, 0) is 12.5 Å². The fourth-order valence-corrected chi connectivity index (χ4v) is 2.92. The third-order valence-corrected chi connectivity index (χ3v) is 4.91. The summed E-state index contributed by atoms with van der Waals surface area (Å²) in [5, 5.41) is 34.4. The number of aliphatic hydroxyl groups is 1. The van der Waals surface area contributed by atoms with Crippen LogP contribution in [0.2, 0.25) is 0 Å². The Morgan fingerprint density at radius 2 is 1.42 bits per heavy atom. The van der Waals surface area contributed by atoms with Gasteiger partial charge in [0.25, 0.3) is 0 Å². The van der Waals surface area contributed by atoms with Crippen molar-refractivity contribution in [3.8, 4) is 0 Å². The maximum absolute atomic E-state index is 12.8. The average molecular weight is 485 g/mol. The topological polar surface area (TPSA) is 208 Å². The van der Waals surface area contributed by atoms with Crippen LogP contribution >= 0.6 is 12.6 Å². The van der Waals surface area contributed by atoms with E-state index in [2.05, 4.69) is 28.6 Å². The fraction of sp³-hybridized carbons (Fsp3) is 0.450. The Kier molecular flexibility index (Phi) is 11.3. The van der Waals surface area contributed by atoms with E-state index >= 15 is 0 Å². The number of aliphatic hydroxyl groups excluding tert-OH is 1. The molecule has 1 rings (SSSR count). The summed E-state index contributed by atoms with van der Waals surface area (Å²) in [4.78, 5) is 59.8. The summed E-state index contributed by atoms with van der Waals surface area (Å²) in [7, 11) is 0. The summed E-state index contributed by atoms with van der Waals surface area (Å²) in [5.74, 6) is -5.69. The molecule has 1 aromatic carbocycles. The molecule has 0 spiro atoms. The minimum atomic E-state index is -1.71. The van der Waals surface area contributed by atoms with Crippen molar-refractivity contribution >= 4 is 42.3 Å². The SMILES string of the molecule is CC(O)C(N)C(=O)NC(CS)C(=O)NC(Cc1ccccc1)C(=O)NC(CC(=O)O)C(=O)O. The molecule has 0 aromatic heterocycles. The lowest BCUT2D eigenvalue weighted by molar-refractivity contribution is -0.147. The first-order valence-corrected chi connectivity index (χ1v) is 10.5. The summed E-state index contributed by atoms with van der Waals surface area (Å²) in [6.07, 6.45) is -2.08. The molecular weight excluding hydrogens is 456 g/mol. The van der Waals surface area contributed by atoms with E-state index in [1.54, 1.807) is 30.3 Å². The van der Waals surface area contributed by atoms with Crippen molar-refractivity contribution < 1.29 is 39.3 Å². The maximum Gasteiger partial charge on any atom is 0.326 e. The lowest BCUT2D eigenvalue weighted by atomic mass is 10.0. The molecule has 0 aliphatic rings. The number of nitrogens with two attached hydrogens (primary N) is 1. The van der Waals surface area contributed by atoms with Crippen LogP contribution in [0, 0.1) is 0 Å². The van der Waals surface area contributed by atoms with Crippen molar-refractivity contribution in [2.45, 2.75) is 50.0 Å². The highest BCUT2D eigenvalue weighted by atomic mass is 32.1. The maximum atomic E-state index is 12.8. The number of hydrogen-bond donors (Lipinski definition) is 8. The molecule has 5 unspecified atom stereocenters. The second-order valence-electron chi connectivity index (χ2n) is 7.26. The highest BCUT2D eigenvalue weighted by Gasteiger charge is 2.31. The molecule has 12 nitrogen and oxygen atoms in total. The number of carbonyl (C=O) groups excluding carboxylic acids is 3. The third-order valence-electron chi connectivity index (χ3n) is 4.55. The van der Waals surface area contributed by atoms with Gasteiger partial charge in [-0.1, -0.05) is 30.3 Å². The first-order valence-electron chi connectivity index (χ1n) is 9.90. The van der Waals surface area contributed by atoms with Gasteiger partial charge in [0.15, 0.2) is 0 Å². The van der Waals surface area contributed by atoms with E-state index < -0.39 is 66.4 Å². The number of carboxylic acids is 2. The normalized spacial score (nSPS) is 15.3. The number of carbonyl (C=O) groups is 5. The fourth-order valence-electron chi connectivity index (χ4n) is 2.66. The Labute approximate surface area is 195 Å². The van der Waals surface area contributed by atoms with Gasteiger partial charge >= 0.3 is 11.9 Å². The van der Waals surface area contributed by atoms with Gasteiger partial charge in [0.05, 0.1) is 12.5 Å². The van der Waals surface area contributed by atoms with Gasteiger partial charge in [-0.2, -0.15) is 12.6 Å². The van der Waals surface area contributed by atoms with Crippen molar-refractivity contribution in [3.05, 3.63) is 35.9 Å². The molecule has 182 valence electrons. The summed E-state index contributed by atoms with van der Waals surface area (Å²) in [5.41, 5.74) is 6.18. The molecule has 0 radical (unpaired) electrons. The van der Waals surface area contributed by atoms with Gasteiger partial charge in [-0.25, -0.2) is 4.79 Å². The molecule has 0 heterocycles. The third kappa shape index (κ3) is 9.47. The highest BCUT2D eigenvalue weighted by Crippen LogP contribution is 2.06. The summed E-state index contributed by atoms with van der Waals surface area (Å²) in [6.45, 7) is 1.30. The van der Waals surface area contributed by atoms with E-state index in [0.29, 0.717) is 5.56 Å². The van der Waals surface area contributed by atoms with E-state index in [-0.39, 0.29) is 12.2 Å². The summed E-state index contributed by atoms with van der Waals surface area (Å²) >= 11 is 4.02. The molecule has 0 bridgehead atoms. The van der Waals surface area contributed by atoms with Gasteiger partial charge in [0, 0.05) is 12.2 Å². The molecular formula is C20H28N4O8S. The smallest absolute Gasteiger partial charge is 0.326 e.